The average Bonchev–Trinajstić information content (AvgIpc) is 3.31. The van der Waals surface area contributed by atoms with Crippen LogP contribution in [0.1, 0.15) is 11.1 Å². The molecular weight excluding hydrogens is 645 g/mol. The molecule has 0 atom stereocenters. The Bertz CT molecular complexity index is 2060. The number of rotatable bonds is 4. The van der Waals surface area contributed by atoms with Crippen molar-refractivity contribution < 1.29 is 27.1 Å². The summed E-state index contributed by atoms with van der Waals surface area (Å²) in [6.07, 6.45) is -3.66. The van der Waals surface area contributed by atoms with Gasteiger partial charge in [-0.05, 0) is 23.8 Å². The van der Waals surface area contributed by atoms with Crippen LogP contribution in [0.2, 0.25) is 0 Å². The van der Waals surface area contributed by atoms with Crippen molar-refractivity contribution in [1.29, 1.82) is 5.26 Å². The second-order valence-corrected chi connectivity index (χ2v) is 13.6. The van der Waals surface area contributed by atoms with Gasteiger partial charge in [0, 0.05) is 72.2 Å². The molecule has 3 aliphatic heterocycles. The van der Waals surface area contributed by atoms with E-state index < -0.39 is 28.7 Å². The lowest BCUT2D eigenvalue weighted by atomic mass is 9.88. The summed E-state index contributed by atoms with van der Waals surface area (Å²) in [7, 11) is 1.56. The number of benzene rings is 2. The number of anilines is 2. The number of thiophene rings is 1. The summed E-state index contributed by atoms with van der Waals surface area (Å²) in [4.78, 5) is 33.9. The van der Waals surface area contributed by atoms with Gasteiger partial charge >= 0.3 is 11.9 Å². The van der Waals surface area contributed by atoms with Gasteiger partial charge in [0.25, 0.3) is 0 Å². The van der Waals surface area contributed by atoms with Crippen LogP contribution in [0.4, 0.5) is 28.4 Å². The number of amides is 1. The summed E-state index contributed by atoms with van der Waals surface area (Å²) < 4.78 is 68.0. The molecule has 1 amide bonds. The Kier molecular flexibility index (Phi) is 7.29. The number of hydrogen-bond donors (Lipinski definition) is 1. The minimum absolute atomic E-state index is 0.0413. The summed E-state index contributed by atoms with van der Waals surface area (Å²) in [6, 6.07) is 5.48. The van der Waals surface area contributed by atoms with Crippen LogP contribution in [0.25, 0.3) is 32.1 Å². The van der Waals surface area contributed by atoms with E-state index in [1.54, 1.807) is 16.8 Å². The van der Waals surface area contributed by atoms with Crippen LogP contribution >= 0.6 is 23.1 Å². The number of halogens is 4. The molecule has 1 N–H and O–H groups in total. The highest BCUT2D eigenvalue weighted by Gasteiger charge is 2.45. The highest BCUT2D eigenvalue weighted by Crippen LogP contribution is 2.53. The first-order valence-electron chi connectivity index (χ1n) is 14.4. The van der Waals surface area contributed by atoms with Crippen LogP contribution in [0.5, 0.6) is 0 Å². The Hall–Kier alpha value is -4.13. The molecule has 2 fully saturated rings. The normalized spacial score (nSPS) is 17.6. The molecule has 0 bridgehead atoms. The van der Waals surface area contributed by atoms with Gasteiger partial charge in [-0.3, -0.25) is 9.36 Å². The van der Waals surface area contributed by atoms with E-state index in [1.165, 1.54) is 28.5 Å². The molecule has 2 aromatic carbocycles. The standard InChI is InChI=1S/C31H26F4N6O3S2/c1-3-21(42)39-6-8-40(9-7-39)27-17-10-19(31(33,34)35)23(16-4-5-20(32)25-22(16)18(11-36)28(37-2)46-25)26-24(17)41(29(43)38-27)12-30(15-45-26)13-44-14-30/h3-5,10,37H,1,6-9,12-15H2,2H3. The molecule has 0 aliphatic carbocycles. The van der Waals surface area contributed by atoms with Gasteiger partial charge in [0.1, 0.15) is 22.7 Å². The Morgan fingerprint density at radius 2 is 1.98 bits per heavy atom. The van der Waals surface area contributed by atoms with Crippen molar-refractivity contribution in [3.63, 3.8) is 0 Å². The largest absolute Gasteiger partial charge is 0.417 e. The molecule has 1 spiro atoms. The second-order valence-electron chi connectivity index (χ2n) is 11.6. The highest BCUT2D eigenvalue weighted by atomic mass is 32.2. The number of nitrogens with one attached hydrogen (secondary N) is 1. The third kappa shape index (κ3) is 4.65. The van der Waals surface area contributed by atoms with Crippen molar-refractivity contribution >= 4 is 60.8 Å². The van der Waals surface area contributed by atoms with Gasteiger partial charge in [-0.25, -0.2) is 9.18 Å². The number of aromatic nitrogens is 2. The predicted octanol–water partition coefficient (Wildman–Crippen LogP) is 5.31. The molecule has 0 unspecified atom stereocenters. The molecule has 15 heteroatoms. The number of carbonyl (C=O) groups is 1. The fraction of sp³-hybridized carbons (Fsp3) is 0.355. The van der Waals surface area contributed by atoms with Crippen LogP contribution in [0.15, 0.2) is 40.5 Å². The van der Waals surface area contributed by atoms with E-state index >= 15 is 17.6 Å². The van der Waals surface area contributed by atoms with E-state index in [9.17, 15) is 14.9 Å². The first kappa shape index (κ1) is 30.5. The quantitative estimate of drug-likeness (QED) is 0.231. The summed E-state index contributed by atoms with van der Waals surface area (Å²) in [5.41, 5.74) is -1.90. The highest BCUT2D eigenvalue weighted by molar-refractivity contribution is 7.99. The van der Waals surface area contributed by atoms with Crippen molar-refractivity contribution in [2.45, 2.75) is 17.6 Å². The summed E-state index contributed by atoms with van der Waals surface area (Å²) in [5.74, 6) is -0.434. The molecule has 3 aliphatic rings. The van der Waals surface area contributed by atoms with E-state index in [4.69, 9.17) is 4.74 Å². The number of nitrogens with zero attached hydrogens (tertiary/aromatic N) is 5. The zero-order valence-corrected chi connectivity index (χ0v) is 26.1. The van der Waals surface area contributed by atoms with Gasteiger partial charge in [0.2, 0.25) is 5.91 Å². The van der Waals surface area contributed by atoms with Crippen molar-refractivity contribution in [1.82, 2.24) is 14.5 Å². The molecule has 2 saturated heterocycles. The van der Waals surface area contributed by atoms with Crippen LogP contribution in [0.3, 0.4) is 0 Å². The lowest BCUT2D eigenvalue weighted by Gasteiger charge is -2.40. The van der Waals surface area contributed by atoms with Gasteiger partial charge in [-0.15, -0.1) is 23.1 Å². The Morgan fingerprint density at radius 1 is 1.24 bits per heavy atom. The topological polar surface area (TPSA) is 103 Å². The Morgan fingerprint density at radius 3 is 2.59 bits per heavy atom. The first-order valence-corrected chi connectivity index (χ1v) is 16.2. The van der Waals surface area contributed by atoms with Crippen molar-refractivity contribution in [3.05, 3.63) is 58.3 Å². The van der Waals surface area contributed by atoms with Gasteiger partial charge in [-0.2, -0.15) is 23.4 Å². The molecule has 4 aromatic rings. The molecule has 0 radical (unpaired) electrons. The number of alkyl halides is 3. The number of nitriles is 1. The maximum Gasteiger partial charge on any atom is 0.417 e. The SMILES string of the molecule is C=CC(=O)N1CCN(c2nc(=O)n3c4c(c(-c5ccc(F)c6sc(NC)c(C#N)c56)c(C(F)(F)F)cc24)SCC2(COC2)C3)CC1. The van der Waals surface area contributed by atoms with Gasteiger partial charge in [0.05, 0.1) is 34.6 Å². The number of fused-ring (bicyclic) bond motifs is 1. The van der Waals surface area contributed by atoms with Crippen LogP contribution in [-0.4, -0.2) is 72.6 Å². The second kappa shape index (κ2) is 11.0. The number of hydrogen-bond acceptors (Lipinski definition) is 9. The molecule has 238 valence electrons. The molecule has 2 aromatic heterocycles. The maximum atomic E-state index is 15.3. The van der Waals surface area contributed by atoms with Crippen molar-refractivity contribution in [2.24, 2.45) is 5.41 Å². The summed E-state index contributed by atoms with van der Waals surface area (Å²) >= 11 is 2.16. The van der Waals surface area contributed by atoms with E-state index in [0.717, 1.165) is 23.5 Å². The number of thioether (sulfide) groups is 1. The molecular formula is C31H26F4N6O3S2. The lowest BCUT2D eigenvalue weighted by molar-refractivity contribution is -0.137. The molecule has 0 saturated carbocycles. The first-order chi connectivity index (χ1) is 22.0. The average molecular weight is 671 g/mol. The smallest absolute Gasteiger partial charge is 0.380 e. The van der Waals surface area contributed by atoms with Gasteiger partial charge in [-0.1, -0.05) is 12.6 Å². The number of ether oxygens (including phenoxy) is 1. The molecule has 46 heavy (non-hydrogen) atoms. The van der Waals surface area contributed by atoms with Gasteiger partial charge < -0.3 is 19.9 Å². The lowest BCUT2D eigenvalue weighted by Crippen LogP contribution is -2.50. The maximum absolute atomic E-state index is 15.3. The molecule has 5 heterocycles. The van der Waals surface area contributed by atoms with E-state index in [-0.39, 0.29) is 81.5 Å². The molecule has 7 rings (SSSR count). The molecule has 9 nitrogen and oxygen atoms in total. The Balaban J connectivity index is 1.56. The predicted molar refractivity (Wildman–Crippen MR) is 169 cm³/mol. The fourth-order valence-corrected chi connectivity index (χ4v) is 8.98. The van der Waals surface area contributed by atoms with E-state index in [1.807, 2.05) is 0 Å². The number of carbonyl (C=O) groups excluding carboxylic acids is 1. The van der Waals surface area contributed by atoms with Crippen molar-refractivity contribution in [3.8, 4) is 17.2 Å². The third-order valence-electron chi connectivity index (χ3n) is 8.80. The third-order valence-corrected chi connectivity index (χ3v) is 11.5. The minimum Gasteiger partial charge on any atom is -0.380 e. The summed E-state index contributed by atoms with van der Waals surface area (Å²) in [6.45, 7) is 5.44. The zero-order chi connectivity index (χ0) is 32.5. The monoisotopic (exact) mass is 670 g/mol. The van der Waals surface area contributed by atoms with Gasteiger partial charge in [0.15, 0.2) is 0 Å². The van der Waals surface area contributed by atoms with Crippen LogP contribution < -0.4 is 15.9 Å². The number of piperazine rings is 1. The minimum atomic E-state index is -4.87. The van der Waals surface area contributed by atoms with Crippen LogP contribution in [-0.2, 0) is 22.3 Å². The summed E-state index contributed by atoms with van der Waals surface area (Å²) in [5, 5.41) is 13.5. The van der Waals surface area contributed by atoms with Crippen LogP contribution in [0, 0.1) is 22.6 Å². The van der Waals surface area contributed by atoms with E-state index in [0.29, 0.717) is 29.5 Å². The fourth-order valence-electron chi connectivity index (χ4n) is 6.51. The Labute approximate surface area is 268 Å². The zero-order valence-electron chi connectivity index (χ0n) is 24.5. The van der Waals surface area contributed by atoms with Crippen molar-refractivity contribution in [2.75, 3.05) is 62.4 Å². The van der Waals surface area contributed by atoms with E-state index in [2.05, 4.69) is 22.9 Å².